The average molecular weight is 581 g/mol. The van der Waals surface area contributed by atoms with Gasteiger partial charge in [-0.2, -0.15) is 0 Å². The number of carbonyl (C=O) groups excluding carboxylic acids is 1. The molecule has 202 valence electrons. The maximum atomic E-state index is 13.4. The van der Waals surface area contributed by atoms with Gasteiger partial charge in [0.25, 0.3) is 0 Å². The van der Waals surface area contributed by atoms with E-state index in [0.717, 1.165) is 21.8 Å². The Kier molecular flexibility index (Phi) is 9.02. The summed E-state index contributed by atoms with van der Waals surface area (Å²) < 4.78 is 29.5. The van der Waals surface area contributed by atoms with Gasteiger partial charge in [-0.15, -0.1) is 11.3 Å². The van der Waals surface area contributed by atoms with E-state index in [1.54, 1.807) is 42.9 Å². The molecule has 39 heavy (non-hydrogen) atoms. The zero-order valence-electron chi connectivity index (χ0n) is 21.6. The van der Waals surface area contributed by atoms with E-state index in [-0.39, 0.29) is 23.4 Å². The summed E-state index contributed by atoms with van der Waals surface area (Å²) in [6, 6.07) is 16.2. The fourth-order valence-electron chi connectivity index (χ4n) is 3.64. The van der Waals surface area contributed by atoms with E-state index >= 15 is 0 Å². The van der Waals surface area contributed by atoms with E-state index in [4.69, 9.17) is 12.2 Å². The van der Waals surface area contributed by atoms with E-state index in [0.29, 0.717) is 21.2 Å². The number of sulfonamides is 1. The summed E-state index contributed by atoms with van der Waals surface area (Å²) in [4.78, 5) is 20.9. The Balaban J connectivity index is 1.61. The van der Waals surface area contributed by atoms with Crippen LogP contribution in [0, 0.1) is 0 Å². The maximum absolute atomic E-state index is 13.4. The molecule has 0 aliphatic heterocycles. The molecule has 0 aliphatic rings. The first-order valence-electron chi connectivity index (χ1n) is 12.0. The van der Waals surface area contributed by atoms with Crippen LogP contribution >= 0.6 is 23.6 Å². The van der Waals surface area contributed by atoms with Crippen LogP contribution in [0.15, 0.2) is 78.1 Å². The molecule has 0 radical (unpaired) electrons. The number of hydrogen-bond donors (Lipinski definition) is 4. The van der Waals surface area contributed by atoms with Gasteiger partial charge in [-0.3, -0.25) is 9.78 Å². The lowest BCUT2D eigenvalue weighted by Gasteiger charge is -2.13. The fraction of sp³-hybridized carbons (Fsp3) is 0.185. The van der Waals surface area contributed by atoms with Crippen LogP contribution in [0.3, 0.4) is 0 Å². The number of rotatable bonds is 9. The van der Waals surface area contributed by atoms with Crippen molar-refractivity contribution in [3.05, 3.63) is 78.8 Å². The van der Waals surface area contributed by atoms with Gasteiger partial charge in [0.05, 0.1) is 9.77 Å². The van der Waals surface area contributed by atoms with Gasteiger partial charge in [0.2, 0.25) is 15.9 Å². The number of thiocarbonyl (C=S) groups is 1. The molecule has 0 spiro atoms. The van der Waals surface area contributed by atoms with E-state index in [1.807, 2.05) is 38.1 Å². The molecule has 4 rings (SSSR count). The molecule has 0 aliphatic carbocycles. The molecule has 2 heterocycles. The van der Waals surface area contributed by atoms with Gasteiger partial charge in [-0.1, -0.05) is 6.07 Å². The Bertz CT molecular complexity index is 1570. The molecule has 0 atom stereocenters. The average Bonchev–Trinajstić information content (AvgIpc) is 3.38. The molecule has 0 unspecified atom stereocenters. The van der Waals surface area contributed by atoms with E-state index in [1.165, 1.54) is 24.3 Å². The van der Waals surface area contributed by atoms with Gasteiger partial charge < -0.3 is 16.0 Å². The highest BCUT2D eigenvalue weighted by Gasteiger charge is 2.22. The predicted molar refractivity (Wildman–Crippen MR) is 160 cm³/mol. The molecule has 0 fully saturated rings. The molecule has 0 saturated carbocycles. The van der Waals surface area contributed by atoms with Crippen LogP contribution in [-0.4, -0.2) is 35.4 Å². The number of amides is 1. The first-order valence-corrected chi connectivity index (χ1v) is 14.8. The zero-order chi connectivity index (χ0) is 28.0. The van der Waals surface area contributed by atoms with Crippen molar-refractivity contribution in [2.45, 2.75) is 38.3 Å². The molecule has 4 aromatic rings. The van der Waals surface area contributed by atoms with Gasteiger partial charge in [0.1, 0.15) is 5.01 Å². The van der Waals surface area contributed by atoms with Crippen LogP contribution in [0.25, 0.3) is 21.0 Å². The van der Waals surface area contributed by atoms with Gasteiger partial charge in [-0.05, 0) is 80.2 Å². The van der Waals surface area contributed by atoms with E-state index < -0.39 is 10.0 Å². The number of nitrogens with one attached hydrogen (secondary N) is 4. The summed E-state index contributed by atoms with van der Waals surface area (Å²) in [7, 11) is -3.95. The zero-order valence-corrected chi connectivity index (χ0v) is 24.0. The highest BCUT2D eigenvalue weighted by Crippen LogP contribution is 2.37. The number of anilines is 2. The van der Waals surface area contributed by atoms with Crippen LogP contribution in [0.4, 0.5) is 11.4 Å². The van der Waals surface area contributed by atoms with Crippen molar-refractivity contribution < 1.29 is 13.2 Å². The van der Waals surface area contributed by atoms with Crippen molar-refractivity contribution in [3.63, 3.8) is 0 Å². The molecule has 12 heteroatoms. The monoisotopic (exact) mass is 580 g/mol. The number of carbonyl (C=O) groups is 1. The molecule has 9 nitrogen and oxygen atoms in total. The van der Waals surface area contributed by atoms with E-state index in [2.05, 4.69) is 30.6 Å². The van der Waals surface area contributed by atoms with Crippen molar-refractivity contribution in [2.24, 2.45) is 0 Å². The van der Waals surface area contributed by atoms with Crippen LogP contribution in [-0.2, 0) is 21.4 Å². The van der Waals surface area contributed by atoms with E-state index in [9.17, 15) is 13.2 Å². The Hall–Kier alpha value is -3.71. The second-order valence-electron chi connectivity index (χ2n) is 8.93. The lowest BCUT2D eigenvalue weighted by atomic mass is 10.2. The molecule has 0 saturated heterocycles. The topological polar surface area (TPSA) is 125 Å². The predicted octanol–water partition coefficient (Wildman–Crippen LogP) is 5.00. The number of benzene rings is 2. The minimum Gasteiger partial charge on any atom is -0.360 e. The third kappa shape index (κ3) is 7.67. The lowest BCUT2D eigenvalue weighted by molar-refractivity contribution is -0.114. The van der Waals surface area contributed by atoms with Crippen molar-refractivity contribution in [1.29, 1.82) is 0 Å². The Morgan fingerprint density at radius 1 is 1.00 bits per heavy atom. The molecule has 2 aromatic heterocycles. The molecule has 2 aromatic carbocycles. The minimum atomic E-state index is -3.95. The van der Waals surface area contributed by atoms with Crippen LogP contribution in [0.2, 0.25) is 0 Å². The smallest absolute Gasteiger partial charge is 0.241 e. The largest absolute Gasteiger partial charge is 0.360 e. The first kappa shape index (κ1) is 28.3. The Morgan fingerprint density at radius 2 is 1.69 bits per heavy atom. The summed E-state index contributed by atoms with van der Waals surface area (Å²) in [5.41, 5.74) is 3.36. The third-order valence-electron chi connectivity index (χ3n) is 5.39. The maximum Gasteiger partial charge on any atom is 0.241 e. The van der Waals surface area contributed by atoms with Gasteiger partial charge >= 0.3 is 0 Å². The van der Waals surface area contributed by atoms with Crippen molar-refractivity contribution in [1.82, 2.24) is 20.0 Å². The summed E-state index contributed by atoms with van der Waals surface area (Å²) in [5.74, 6) is -0.297. The Labute approximate surface area is 237 Å². The van der Waals surface area contributed by atoms with Crippen molar-refractivity contribution in [3.8, 4) is 21.0 Å². The molecular formula is C27H28N6O3S3. The summed E-state index contributed by atoms with van der Waals surface area (Å²) in [5, 5.41) is 10.2. The highest BCUT2D eigenvalue weighted by atomic mass is 32.2. The second-order valence-corrected chi connectivity index (χ2v) is 12.1. The first-order chi connectivity index (χ1) is 18.6. The molecule has 0 bridgehead atoms. The van der Waals surface area contributed by atoms with Gasteiger partial charge in [-0.25, -0.2) is 18.1 Å². The van der Waals surface area contributed by atoms with Gasteiger partial charge in [0, 0.05) is 60.6 Å². The third-order valence-corrected chi connectivity index (χ3v) is 8.13. The Morgan fingerprint density at radius 3 is 2.36 bits per heavy atom. The minimum absolute atomic E-state index is 0.0451. The number of pyridine rings is 1. The normalized spacial score (nSPS) is 11.3. The summed E-state index contributed by atoms with van der Waals surface area (Å²) in [6.07, 6.45) is 4.86. The SMILES string of the molecule is CC(=O)Nc1ccc(-c2cnc(-c3ccc(NC(=S)NC(C)C)cc3)s2)c(S(=O)(=O)NCc2ccncc2)c1. The van der Waals surface area contributed by atoms with Gasteiger partial charge in [0.15, 0.2) is 5.11 Å². The van der Waals surface area contributed by atoms with Crippen LogP contribution < -0.4 is 20.7 Å². The van der Waals surface area contributed by atoms with Crippen molar-refractivity contribution >= 4 is 56.0 Å². The van der Waals surface area contributed by atoms with Crippen LogP contribution in [0.5, 0.6) is 0 Å². The summed E-state index contributed by atoms with van der Waals surface area (Å²) in [6.45, 7) is 5.49. The fourth-order valence-corrected chi connectivity index (χ4v) is 6.28. The lowest BCUT2D eigenvalue weighted by Crippen LogP contribution is -2.33. The van der Waals surface area contributed by atoms with Crippen LogP contribution in [0.1, 0.15) is 26.3 Å². The number of hydrogen-bond acceptors (Lipinski definition) is 7. The molecular weight excluding hydrogens is 553 g/mol. The van der Waals surface area contributed by atoms with Crippen molar-refractivity contribution in [2.75, 3.05) is 10.6 Å². The standard InChI is InChI=1S/C27H28N6O3S3/c1-17(2)31-27(37)33-21-6-4-20(5-7-21)26-29-16-24(38-26)23-9-8-22(32-18(3)34)14-25(23)39(35,36)30-15-19-10-12-28-13-11-19/h4-14,16-17,30H,15H2,1-3H3,(H,32,34)(H2,31,33,37). The molecule has 4 N–H and O–H groups in total. The second kappa shape index (κ2) is 12.4. The molecule has 1 amide bonds. The summed E-state index contributed by atoms with van der Waals surface area (Å²) >= 11 is 6.68. The number of aromatic nitrogens is 2. The highest BCUT2D eigenvalue weighted by molar-refractivity contribution is 7.89. The number of thiazole rings is 1. The number of nitrogens with zero attached hydrogens (tertiary/aromatic N) is 2. The quantitative estimate of drug-likeness (QED) is 0.204.